The number of hydrogen-bond donors (Lipinski definition) is 0. The second-order valence-corrected chi connectivity index (χ2v) is 10.3. The molecule has 9 heteroatoms. The van der Waals surface area contributed by atoms with Crippen molar-refractivity contribution in [3.05, 3.63) is 0 Å². The van der Waals surface area contributed by atoms with Gasteiger partial charge in [-0.05, 0) is 0 Å². The average molecular weight is 431 g/mol. The van der Waals surface area contributed by atoms with Gasteiger partial charge >= 0.3 is 135 Å². The van der Waals surface area contributed by atoms with Crippen LogP contribution in [0, 0.1) is 0 Å². The molecule has 0 radical (unpaired) electrons. The van der Waals surface area contributed by atoms with Crippen molar-refractivity contribution < 1.29 is 26.2 Å². The van der Waals surface area contributed by atoms with E-state index in [0.29, 0.717) is 19.3 Å². The summed E-state index contributed by atoms with van der Waals surface area (Å²) in [4.78, 5) is 34.8. The van der Waals surface area contributed by atoms with E-state index in [0.717, 1.165) is 0 Å². The topological polar surface area (TPSA) is 88.1 Å². The van der Waals surface area contributed by atoms with Crippen molar-refractivity contribution in [3.63, 3.8) is 0 Å². The Balaban J connectivity index is 5.02. The summed E-state index contributed by atoms with van der Waals surface area (Å²) >= 11 is 0.105. The minimum atomic E-state index is -5.21. The van der Waals surface area contributed by atoms with Crippen LogP contribution in [-0.4, -0.2) is 37.9 Å². The van der Waals surface area contributed by atoms with Crippen molar-refractivity contribution in [2.45, 2.75) is 59.3 Å². The fourth-order valence-electron chi connectivity index (χ4n) is 1.29. The minimum absolute atomic E-state index is 0.0789. The first kappa shape index (κ1) is 20.5. The van der Waals surface area contributed by atoms with Gasteiger partial charge in [-0.2, -0.15) is 0 Å². The average Bonchev–Trinajstić information content (AvgIpc) is 2.39. The second kappa shape index (κ2) is 11.1. The summed E-state index contributed by atoms with van der Waals surface area (Å²) in [6, 6.07) is 0. The number of rotatable bonds is 10. The number of hydrogen-bond acceptors (Lipinski definition) is 7. The third kappa shape index (κ3) is 8.47. The van der Waals surface area contributed by atoms with Crippen LogP contribution in [0.3, 0.4) is 0 Å². The van der Waals surface area contributed by atoms with Crippen LogP contribution in [0.25, 0.3) is 0 Å². The van der Waals surface area contributed by atoms with Crippen molar-refractivity contribution in [2.75, 3.05) is 0 Å². The molecule has 7 nitrogen and oxygen atoms in total. The van der Waals surface area contributed by atoms with Gasteiger partial charge in [-0.1, -0.05) is 0 Å². The predicted octanol–water partition coefficient (Wildman–Crippen LogP) is 2.62. The zero-order valence-electron chi connectivity index (χ0n) is 12.5. The molecule has 0 aromatic rings. The van der Waals surface area contributed by atoms with E-state index in [1.807, 2.05) is 0 Å². The van der Waals surface area contributed by atoms with Gasteiger partial charge in [-0.15, -0.1) is 0 Å². The van der Waals surface area contributed by atoms with Gasteiger partial charge in [0.15, 0.2) is 0 Å². The third-order valence-electron chi connectivity index (χ3n) is 2.17. The van der Waals surface area contributed by atoms with Gasteiger partial charge < -0.3 is 0 Å². The van der Waals surface area contributed by atoms with E-state index in [1.54, 1.807) is 20.8 Å². The standard InChI is InChI=1S/3C4H8O2.ClO.Sn/c3*1-2-3-4(5)6;1-2;/h3*2-3H2,1H3,(H,5,6);;/q;;;-1;+4/p-3. The van der Waals surface area contributed by atoms with Crippen LogP contribution in [0.5, 0.6) is 0 Å². The van der Waals surface area contributed by atoms with Crippen LogP contribution in [0.1, 0.15) is 59.3 Å². The molecule has 0 aromatic carbocycles. The Labute approximate surface area is 135 Å². The fourth-order valence-corrected chi connectivity index (χ4v) is 5.82. The van der Waals surface area contributed by atoms with E-state index in [4.69, 9.17) is 21.1 Å². The maximum absolute atomic E-state index is 11.6. The first-order valence-electron chi connectivity index (χ1n) is 6.88. The Morgan fingerprint density at radius 2 is 1.05 bits per heavy atom. The molecule has 0 aromatic heterocycles. The molecule has 0 spiro atoms. The Kier molecular flexibility index (Phi) is 10.8. The Bertz CT molecular complexity index is 311. The molecule has 0 atom stereocenters. The van der Waals surface area contributed by atoms with Crippen LogP contribution in [0.4, 0.5) is 0 Å². The van der Waals surface area contributed by atoms with E-state index in [1.165, 1.54) is 0 Å². The van der Waals surface area contributed by atoms with E-state index in [9.17, 15) is 14.4 Å². The van der Waals surface area contributed by atoms with Crippen LogP contribution < -0.4 is 0 Å². The number of carbonyl (C=O) groups is 3. The fraction of sp³-hybridized carbons (Fsp3) is 0.750. The quantitative estimate of drug-likeness (QED) is 0.491. The first-order chi connectivity index (χ1) is 9.92. The van der Waals surface area contributed by atoms with E-state index < -0.39 is 37.9 Å². The van der Waals surface area contributed by atoms with Crippen molar-refractivity contribution in [2.24, 2.45) is 0 Å². The van der Waals surface area contributed by atoms with E-state index in [-0.39, 0.29) is 19.3 Å². The second-order valence-electron chi connectivity index (χ2n) is 4.25. The first-order valence-corrected chi connectivity index (χ1v) is 11.8. The molecule has 0 rings (SSSR count). The molecule has 0 unspecified atom stereocenters. The molecule has 0 fully saturated rings. The summed E-state index contributed by atoms with van der Waals surface area (Å²) in [6.07, 6.45) is 1.80. The zero-order chi connectivity index (χ0) is 16.3. The third-order valence-corrected chi connectivity index (χ3v) is 8.07. The van der Waals surface area contributed by atoms with Crippen LogP contribution in [0.2, 0.25) is 0 Å². The molecular formula is C12H21ClO7Sn. The maximum atomic E-state index is 11.6. The van der Waals surface area contributed by atoms with Gasteiger partial charge in [0.05, 0.1) is 0 Å². The van der Waals surface area contributed by atoms with Crippen molar-refractivity contribution in [1.82, 2.24) is 0 Å². The van der Waals surface area contributed by atoms with Gasteiger partial charge in [0.25, 0.3) is 0 Å². The molecule has 0 saturated carbocycles. The van der Waals surface area contributed by atoms with Crippen LogP contribution in [-0.2, 0) is 26.2 Å². The molecule has 0 aliphatic carbocycles. The van der Waals surface area contributed by atoms with Gasteiger partial charge in [0.2, 0.25) is 0 Å². The zero-order valence-corrected chi connectivity index (χ0v) is 16.1. The van der Waals surface area contributed by atoms with Gasteiger partial charge in [0, 0.05) is 0 Å². The van der Waals surface area contributed by atoms with Crippen molar-refractivity contribution >= 4 is 49.8 Å². The molecule has 122 valence electrons. The molecule has 0 aliphatic heterocycles. The van der Waals surface area contributed by atoms with Crippen LogP contribution >= 0.6 is 11.9 Å². The molecule has 0 amide bonds. The predicted molar refractivity (Wildman–Crippen MR) is 75.7 cm³/mol. The molecule has 0 heterocycles. The van der Waals surface area contributed by atoms with Crippen molar-refractivity contribution in [1.29, 1.82) is 0 Å². The molecule has 0 N–H and O–H groups in total. The number of halogens is 1. The van der Waals surface area contributed by atoms with E-state index >= 15 is 0 Å². The monoisotopic (exact) mass is 432 g/mol. The van der Waals surface area contributed by atoms with Crippen molar-refractivity contribution in [3.8, 4) is 0 Å². The summed E-state index contributed by atoms with van der Waals surface area (Å²) in [5.74, 6) is -2.03. The molecule has 0 bridgehead atoms. The normalized spacial score (nSPS) is 10.9. The van der Waals surface area contributed by atoms with E-state index in [2.05, 4.69) is 2.63 Å². The van der Waals surface area contributed by atoms with Gasteiger partial charge in [-0.25, -0.2) is 0 Å². The SMILES string of the molecule is CCCC(=O)[O][Sn]([O]Cl)([O]C(=O)CCC)[O]C(=O)CCC. The summed E-state index contributed by atoms with van der Waals surface area (Å²) in [6.45, 7) is 5.31. The van der Waals surface area contributed by atoms with Gasteiger partial charge in [0.1, 0.15) is 0 Å². The molecule has 0 aliphatic rings. The molecule has 21 heavy (non-hydrogen) atoms. The Morgan fingerprint density at radius 1 is 0.762 bits per heavy atom. The summed E-state index contributed by atoms with van der Waals surface area (Å²) < 4.78 is 19.5. The summed E-state index contributed by atoms with van der Waals surface area (Å²) in [5.41, 5.74) is 0. The van der Waals surface area contributed by atoms with Gasteiger partial charge in [-0.3, -0.25) is 0 Å². The number of carbonyl (C=O) groups excluding carboxylic acids is 3. The Morgan fingerprint density at radius 3 is 1.24 bits per heavy atom. The summed E-state index contributed by atoms with van der Waals surface area (Å²) in [7, 11) is 0. The van der Waals surface area contributed by atoms with Crippen LogP contribution in [0.15, 0.2) is 0 Å². The summed E-state index contributed by atoms with van der Waals surface area (Å²) in [5, 5.41) is 0. The molecular weight excluding hydrogens is 410 g/mol. The Hall–Kier alpha value is -0.541. The molecule has 0 saturated heterocycles.